The van der Waals surface area contributed by atoms with Gasteiger partial charge in [0.25, 0.3) is 5.91 Å². The van der Waals surface area contributed by atoms with Crippen molar-refractivity contribution in [2.75, 3.05) is 5.32 Å². The maximum Gasteiger partial charge on any atom is 0.416 e. The second-order valence-electron chi connectivity index (χ2n) is 6.00. The minimum Gasteiger partial charge on any atom is -0.447 e. The molecule has 27 heavy (non-hydrogen) atoms. The monoisotopic (exact) mass is 380 g/mol. The molecule has 1 aromatic rings. The molecule has 2 aliphatic rings. The lowest BCUT2D eigenvalue weighted by atomic mass is 10.1. The van der Waals surface area contributed by atoms with Crippen LogP contribution in [-0.4, -0.2) is 18.0 Å². The molecule has 1 aliphatic carbocycles. The summed E-state index contributed by atoms with van der Waals surface area (Å²) in [5, 5.41) is 2.58. The van der Waals surface area contributed by atoms with Crippen molar-refractivity contribution in [3.8, 4) is 0 Å². The summed E-state index contributed by atoms with van der Waals surface area (Å²) >= 11 is 0. The Labute approximate surface area is 152 Å². The molecule has 0 fully saturated rings. The van der Waals surface area contributed by atoms with E-state index in [4.69, 9.17) is 4.74 Å². The van der Waals surface area contributed by atoms with Gasteiger partial charge in [-0.3, -0.25) is 4.79 Å². The number of halogens is 4. The van der Waals surface area contributed by atoms with Crippen molar-refractivity contribution in [2.45, 2.75) is 31.9 Å². The van der Waals surface area contributed by atoms with Crippen LogP contribution in [0.15, 0.2) is 64.5 Å². The first-order chi connectivity index (χ1) is 12.8. The fraction of sp³-hybridized carbons (Fsp3) is 0.263. The first kappa shape index (κ1) is 18.9. The van der Waals surface area contributed by atoms with Gasteiger partial charge in [-0.15, -0.1) is 0 Å². The number of hydrogen-bond donors (Lipinski definition) is 1. The normalized spacial score (nSPS) is 17.3. The van der Waals surface area contributed by atoms with Crippen LogP contribution in [-0.2, 0) is 9.53 Å². The number of amides is 1. The van der Waals surface area contributed by atoms with E-state index in [-0.39, 0.29) is 23.8 Å². The highest BCUT2D eigenvalue weighted by Crippen LogP contribution is 2.32. The number of nitrogens with one attached hydrogen (secondary N) is 1. The molecule has 0 saturated heterocycles. The Morgan fingerprint density at radius 3 is 2.48 bits per heavy atom. The second-order valence-corrected chi connectivity index (χ2v) is 6.00. The first-order valence-electron chi connectivity index (χ1n) is 8.32. The number of hydrogen-bond acceptors (Lipinski definition) is 3. The molecular weight excluding hydrogens is 364 g/mol. The van der Waals surface area contributed by atoms with E-state index < -0.39 is 23.5 Å². The van der Waals surface area contributed by atoms with Crippen LogP contribution in [0.25, 0.3) is 0 Å². The van der Waals surface area contributed by atoms with Crippen LogP contribution in [0.2, 0.25) is 0 Å². The number of allylic oxidation sites excluding steroid dienone is 5. The highest BCUT2D eigenvalue weighted by atomic mass is 19.4. The summed E-state index contributed by atoms with van der Waals surface area (Å²) in [6.07, 6.45) is 0.683. The zero-order chi connectivity index (χ0) is 19.4. The Morgan fingerprint density at radius 2 is 1.78 bits per heavy atom. The molecule has 0 unspecified atom stereocenters. The van der Waals surface area contributed by atoms with Gasteiger partial charge in [0.15, 0.2) is 5.90 Å². The van der Waals surface area contributed by atoms with Crippen LogP contribution < -0.4 is 5.32 Å². The van der Waals surface area contributed by atoms with E-state index in [2.05, 4.69) is 10.3 Å². The van der Waals surface area contributed by atoms with E-state index in [1.165, 1.54) is 24.3 Å². The Bertz CT molecular complexity index is 849. The van der Waals surface area contributed by atoms with Gasteiger partial charge in [-0.1, -0.05) is 12.2 Å². The quantitative estimate of drug-likeness (QED) is 0.749. The van der Waals surface area contributed by atoms with Gasteiger partial charge in [0.1, 0.15) is 17.3 Å². The highest BCUT2D eigenvalue weighted by molar-refractivity contribution is 6.05. The van der Waals surface area contributed by atoms with Gasteiger partial charge < -0.3 is 10.1 Å². The molecule has 3 rings (SSSR count). The number of nitrogens with zero attached hydrogens (tertiary/aromatic N) is 1. The maximum absolute atomic E-state index is 12.9. The molecule has 0 bridgehead atoms. The van der Waals surface area contributed by atoms with Crippen LogP contribution in [0.3, 0.4) is 0 Å². The average molecular weight is 380 g/mol. The molecule has 1 aliphatic heterocycles. The number of anilines is 1. The van der Waals surface area contributed by atoms with E-state index in [1.54, 1.807) is 6.08 Å². The largest absolute Gasteiger partial charge is 0.447 e. The Balaban J connectivity index is 1.67. The molecule has 0 aromatic heterocycles. The minimum atomic E-state index is -4.43. The Morgan fingerprint density at radius 1 is 1.07 bits per heavy atom. The van der Waals surface area contributed by atoms with Crippen molar-refractivity contribution >= 4 is 17.5 Å². The smallest absolute Gasteiger partial charge is 0.416 e. The fourth-order valence-corrected chi connectivity index (χ4v) is 2.62. The zero-order valence-corrected chi connectivity index (χ0v) is 14.1. The van der Waals surface area contributed by atoms with Crippen LogP contribution in [0.4, 0.5) is 23.2 Å². The standard InChI is InChI=1S/C19H16F4N2O2/c20-13-7-9-14(10-8-13)24-18(26)16-5-2-6-17(25-16)27-15-4-1-3-12(11-15)19(21,22)23/h3,5,7-11H,1-2,4,6H2,(H,24,26). The Hall–Kier alpha value is -2.90. The number of ether oxygens (including phenoxy) is 1. The van der Waals surface area contributed by atoms with Crippen LogP contribution in [0.5, 0.6) is 0 Å². The van der Waals surface area contributed by atoms with Crippen molar-refractivity contribution in [3.05, 3.63) is 65.3 Å². The van der Waals surface area contributed by atoms with Gasteiger partial charge in [0.05, 0.1) is 5.57 Å². The van der Waals surface area contributed by atoms with Crippen molar-refractivity contribution in [2.24, 2.45) is 4.99 Å². The van der Waals surface area contributed by atoms with Gasteiger partial charge in [-0.2, -0.15) is 13.2 Å². The van der Waals surface area contributed by atoms with Crippen molar-refractivity contribution < 1.29 is 27.1 Å². The van der Waals surface area contributed by atoms with Gasteiger partial charge in [-0.05, 0) is 43.2 Å². The minimum absolute atomic E-state index is 0.101. The molecule has 142 valence electrons. The van der Waals surface area contributed by atoms with Crippen LogP contribution >= 0.6 is 0 Å². The first-order valence-corrected chi connectivity index (χ1v) is 8.32. The van der Waals surface area contributed by atoms with Crippen molar-refractivity contribution in [1.29, 1.82) is 0 Å². The molecule has 0 spiro atoms. The van der Waals surface area contributed by atoms with Crippen molar-refractivity contribution in [3.63, 3.8) is 0 Å². The summed E-state index contributed by atoms with van der Waals surface area (Å²) in [7, 11) is 0. The third-order valence-corrected chi connectivity index (χ3v) is 3.92. The number of rotatable bonds is 3. The topological polar surface area (TPSA) is 50.7 Å². The predicted molar refractivity (Wildman–Crippen MR) is 92.3 cm³/mol. The third kappa shape index (κ3) is 5.06. The molecule has 1 aromatic carbocycles. The summed E-state index contributed by atoms with van der Waals surface area (Å²) in [5.74, 6) is -0.567. The SMILES string of the molecule is O=C(Nc1ccc(F)cc1)C1=CCCC(OC2=CC(C(F)(F)F)=CCC2)=N1. The van der Waals surface area contributed by atoms with E-state index in [0.717, 1.165) is 12.2 Å². The molecule has 4 nitrogen and oxygen atoms in total. The number of alkyl halides is 3. The van der Waals surface area contributed by atoms with Crippen LogP contribution in [0, 0.1) is 5.82 Å². The third-order valence-electron chi connectivity index (χ3n) is 3.92. The zero-order valence-electron chi connectivity index (χ0n) is 14.1. The summed E-state index contributed by atoms with van der Waals surface area (Å²) in [6, 6.07) is 5.25. The maximum atomic E-state index is 12.9. The molecule has 0 atom stereocenters. The summed E-state index contributed by atoms with van der Waals surface area (Å²) in [5.41, 5.74) is -0.242. The lowest BCUT2D eigenvalue weighted by molar-refractivity contribution is -0.112. The van der Waals surface area contributed by atoms with Gasteiger partial charge in [-0.25, -0.2) is 9.38 Å². The molecule has 1 N–H and O–H groups in total. The second kappa shape index (κ2) is 7.77. The molecular formula is C19H16F4N2O2. The number of aliphatic imine (C=N–C) groups is 1. The van der Waals surface area contributed by atoms with Gasteiger partial charge in [0.2, 0.25) is 0 Å². The predicted octanol–water partition coefficient (Wildman–Crippen LogP) is 5.02. The Kier molecular flexibility index (Phi) is 5.43. The number of benzene rings is 1. The van der Waals surface area contributed by atoms with E-state index in [9.17, 15) is 22.4 Å². The summed E-state index contributed by atoms with van der Waals surface area (Å²) in [6.45, 7) is 0. The van der Waals surface area contributed by atoms with E-state index in [1.807, 2.05) is 0 Å². The highest BCUT2D eigenvalue weighted by Gasteiger charge is 2.33. The van der Waals surface area contributed by atoms with Crippen LogP contribution in [0.1, 0.15) is 25.7 Å². The fourth-order valence-electron chi connectivity index (χ4n) is 2.62. The van der Waals surface area contributed by atoms with Gasteiger partial charge >= 0.3 is 6.18 Å². The summed E-state index contributed by atoms with van der Waals surface area (Å²) < 4.78 is 56.8. The van der Waals surface area contributed by atoms with Crippen molar-refractivity contribution in [1.82, 2.24) is 0 Å². The molecule has 0 saturated carbocycles. The molecule has 1 amide bonds. The number of carbonyl (C=O) groups excluding carboxylic acids is 1. The van der Waals surface area contributed by atoms with E-state index >= 15 is 0 Å². The lowest BCUT2D eigenvalue weighted by Gasteiger charge is -2.19. The molecule has 8 heteroatoms. The lowest BCUT2D eigenvalue weighted by Crippen LogP contribution is -2.19. The molecule has 1 heterocycles. The average Bonchev–Trinajstić information content (AvgIpc) is 2.63. The molecule has 0 radical (unpaired) electrons. The number of carbonyl (C=O) groups is 1. The van der Waals surface area contributed by atoms with Gasteiger partial charge in [0, 0.05) is 18.5 Å². The van der Waals surface area contributed by atoms with E-state index in [0.29, 0.717) is 24.9 Å². The summed E-state index contributed by atoms with van der Waals surface area (Å²) in [4.78, 5) is 16.4.